The van der Waals surface area contributed by atoms with Crippen molar-refractivity contribution in [2.24, 2.45) is 0 Å². The SMILES string of the molecule is CCC(Nc1ccc(C(=O)O)c(F)c1F)c1ncc[nH]1. The Morgan fingerprint density at radius 1 is 1.45 bits per heavy atom. The second kappa shape index (κ2) is 5.68. The molecule has 2 aromatic rings. The molecule has 3 N–H and O–H groups in total. The van der Waals surface area contributed by atoms with Gasteiger partial charge in [0.1, 0.15) is 5.82 Å². The van der Waals surface area contributed by atoms with Crippen molar-refractivity contribution in [1.82, 2.24) is 9.97 Å². The van der Waals surface area contributed by atoms with Gasteiger partial charge in [-0.05, 0) is 18.6 Å². The number of benzene rings is 1. The van der Waals surface area contributed by atoms with Gasteiger partial charge in [-0.2, -0.15) is 0 Å². The van der Waals surface area contributed by atoms with Gasteiger partial charge in [-0.25, -0.2) is 18.6 Å². The van der Waals surface area contributed by atoms with Gasteiger partial charge in [0.05, 0.1) is 17.3 Å². The van der Waals surface area contributed by atoms with Crippen LogP contribution in [0.2, 0.25) is 0 Å². The van der Waals surface area contributed by atoms with Crippen LogP contribution < -0.4 is 5.32 Å². The van der Waals surface area contributed by atoms with Crippen molar-refractivity contribution in [1.29, 1.82) is 0 Å². The number of carboxylic acid groups (broad SMARTS) is 1. The first-order chi connectivity index (χ1) is 9.54. The van der Waals surface area contributed by atoms with Crippen LogP contribution in [0.3, 0.4) is 0 Å². The molecule has 1 unspecified atom stereocenters. The number of rotatable bonds is 5. The highest BCUT2D eigenvalue weighted by Crippen LogP contribution is 2.25. The van der Waals surface area contributed by atoms with E-state index in [4.69, 9.17) is 5.11 Å². The molecule has 20 heavy (non-hydrogen) atoms. The number of carboxylic acids is 1. The highest BCUT2D eigenvalue weighted by atomic mass is 19.2. The number of halogens is 2. The molecule has 0 aliphatic heterocycles. The van der Waals surface area contributed by atoms with Crippen LogP contribution >= 0.6 is 0 Å². The summed E-state index contributed by atoms with van der Waals surface area (Å²) < 4.78 is 27.4. The van der Waals surface area contributed by atoms with Crippen LogP contribution in [0.15, 0.2) is 24.5 Å². The number of anilines is 1. The molecule has 5 nitrogen and oxygen atoms in total. The molecule has 1 atom stereocenters. The molecule has 7 heteroatoms. The molecular weight excluding hydrogens is 268 g/mol. The summed E-state index contributed by atoms with van der Waals surface area (Å²) in [5.74, 6) is -3.51. The molecule has 1 heterocycles. The Morgan fingerprint density at radius 2 is 2.20 bits per heavy atom. The van der Waals surface area contributed by atoms with E-state index >= 15 is 0 Å². The topological polar surface area (TPSA) is 78.0 Å². The fraction of sp³-hybridized carbons (Fsp3) is 0.231. The lowest BCUT2D eigenvalue weighted by molar-refractivity contribution is 0.0690. The minimum Gasteiger partial charge on any atom is -0.478 e. The Balaban J connectivity index is 2.30. The second-order valence-electron chi connectivity index (χ2n) is 4.17. The van der Waals surface area contributed by atoms with E-state index in [2.05, 4.69) is 15.3 Å². The van der Waals surface area contributed by atoms with E-state index in [0.29, 0.717) is 12.2 Å². The Hall–Kier alpha value is -2.44. The molecule has 0 radical (unpaired) electrons. The zero-order valence-corrected chi connectivity index (χ0v) is 10.7. The van der Waals surface area contributed by atoms with E-state index in [1.165, 1.54) is 6.07 Å². The van der Waals surface area contributed by atoms with Crippen molar-refractivity contribution in [3.8, 4) is 0 Å². The van der Waals surface area contributed by atoms with E-state index in [-0.39, 0.29) is 11.7 Å². The van der Waals surface area contributed by atoms with Gasteiger partial charge in [-0.15, -0.1) is 0 Å². The fourth-order valence-electron chi connectivity index (χ4n) is 1.85. The van der Waals surface area contributed by atoms with Crippen LogP contribution in [-0.2, 0) is 0 Å². The average molecular weight is 281 g/mol. The maximum atomic E-state index is 13.8. The molecule has 1 aromatic carbocycles. The number of aromatic carboxylic acids is 1. The minimum atomic E-state index is -1.51. The summed E-state index contributed by atoms with van der Waals surface area (Å²) in [6, 6.07) is 1.90. The summed E-state index contributed by atoms with van der Waals surface area (Å²) in [6.07, 6.45) is 3.78. The lowest BCUT2D eigenvalue weighted by Crippen LogP contribution is -2.14. The highest BCUT2D eigenvalue weighted by Gasteiger charge is 2.20. The number of hydrogen-bond donors (Lipinski definition) is 3. The summed E-state index contributed by atoms with van der Waals surface area (Å²) in [7, 11) is 0. The number of hydrogen-bond acceptors (Lipinski definition) is 3. The number of carbonyl (C=O) groups is 1. The van der Waals surface area contributed by atoms with Gasteiger partial charge in [0.15, 0.2) is 11.6 Å². The van der Waals surface area contributed by atoms with Crippen LogP contribution in [-0.4, -0.2) is 21.0 Å². The number of imidazole rings is 1. The summed E-state index contributed by atoms with van der Waals surface area (Å²) in [5, 5.41) is 11.5. The van der Waals surface area contributed by atoms with Gasteiger partial charge < -0.3 is 15.4 Å². The van der Waals surface area contributed by atoms with Gasteiger partial charge in [0.25, 0.3) is 0 Å². The predicted molar refractivity (Wildman–Crippen MR) is 68.6 cm³/mol. The van der Waals surface area contributed by atoms with Gasteiger partial charge in [-0.1, -0.05) is 6.92 Å². The molecule has 0 saturated heterocycles. The van der Waals surface area contributed by atoms with Crippen molar-refractivity contribution in [2.75, 3.05) is 5.32 Å². The Labute approximate surface area is 113 Å². The third-order valence-corrected chi connectivity index (χ3v) is 2.90. The monoisotopic (exact) mass is 281 g/mol. The Kier molecular flexibility index (Phi) is 3.97. The molecule has 0 aliphatic rings. The summed E-state index contributed by atoms with van der Waals surface area (Å²) in [6.45, 7) is 1.86. The van der Waals surface area contributed by atoms with E-state index in [9.17, 15) is 13.6 Å². The highest BCUT2D eigenvalue weighted by molar-refractivity contribution is 5.88. The smallest absolute Gasteiger partial charge is 0.338 e. The number of H-pyrrole nitrogens is 1. The molecule has 0 saturated carbocycles. The van der Waals surface area contributed by atoms with E-state index in [0.717, 1.165) is 6.07 Å². The van der Waals surface area contributed by atoms with Gasteiger partial charge in [0.2, 0.25) is 0 Å². The molecule has 0 fully saturated rings. The van der Waals surface area contributed by atoms with Crippen LogP contribution in [0, 0.1) is 11.6 Å². The van der Waals surface area contributed by atoms with E-state index in [1.807, 2.05) is 6.92 Å². The normalized spacial score (nSPS) is 12.2. The van der Waals surface area contributed by atoms with Gasteiger partial charge in [0, 0.05) is 12.4 Å². The van der Waals surface area contributed by atoms with Crippen molar-refractivity contribution in [3.05, 3.63) is 47.5 Å². The van der Waals surface area contributed by atoms with E-state index < -0.39 is 23.2 Å². The van der Waals surface area contributed by atoms with Gasteiger partial charge in [-0.3, -0.25) is 0 Å². The zero-order chi connectivity index (χ0) is 14.7. The van der Waals surface area contributed by atoms with Crippen molar-refractivity contribution >= 4 is 11.7 Å². The van der Waals surface area contributed by atoms with Crippen LogP contribution in [0.1, 0.15) is 35.6 Å². The molecule has 2 rings (SSSR count). The third kappa shape index (κ3) is 2.61. The first-order valence-electron chi connectivity index (χ1n) is 6.01. The largest absolute Gasteiger partial charge is 0.478 e. The van der Waals surface area contributed by atoms with Crippen molar-refractivity contribution in [2.45, 2.75) is 19.4 Å². The van der Waals surface area contributed by atoms with Gasteiger partial charge >= 0.3 is 5.97 Å². The summed E-state index contributed by atoms with van der Waals surface area (Å²) >= 11 is 0. The molecule has 0 spiro atoms. The number of aromatic amines is 1. The van der Waals surface area contributed by atoms with Crippen LogP contribution in [0.4, 0.5) is 14.5 Å². The predicted octanol–water partition coefficient (Wildman–Crippen LogP) is 2.95. The maximum absolute atomic E-state index is 13.8. The number of aromatic nitrogens is 2. The maximum Gasteiger partial charge on any atom is 0.338 e. The molecule has 0 aliphatic carbocycles. The third-order valence-electron chi connectivity index (χ3n) is 2.90. The summed E-state index contributed by atoms with van der Waals surface area (Å²) in [4.78, 5) is 17.6. The van der Waals surface area contributed by atoms with Crippen molar-refractivity contribution in [3.63, 3.8) is 0 Å². The van der Waals surface area contributed by atoms with Crippen molar-refractivity contribution < 1.29 is 18.7 Å². The van der Waals surface area contributed by atoms with Crippen LogP contribution in [0.25, 0.3) is 0 Å². The standard InChI is InChI=1S/C13H13F2N3O2/c1-2-8(12-16-5-6-17-12)18-9-4-3-7(13(19)20)10(14)11(9)15/h3-6,8,18H,2H2,1H3,(H,16,17)(H,19,20). The lowest BCUT2D eigenvalue weighted by Gasteiger charge is -2.17. The molecule has 0 bridgehead atoms. The summed E-state index contributed by atoms with van der Waals surface area (Å²) in [5.41, 5.74) is -0.796. The van der Waals surface area contributed by atoms with Crippen LogP contribution in [0.5, 0.6) is 0 Å². The molecule has 106 valence electrons. The van der Waals surface area contributed by atoms with E-state index in [1.54, 1.807) is 12.4 Å². The second-order valence-corrected chi connectivity index (χ2v) is 4.17. The fourth-order valence-corrected chi connectivity index (χ4v) is 1.85. The number of nitrogens with zero attached hydrogens (tertiary/aromatic N) is 1. The zero-order valence-electron chi connectivity index (χ0n) is 10.7. The molecule has 1 aromatic heterocycles. The number of nitrogens with one attached hydrogen (secondary N) is 2. The lowest BCUT2D eigenvalue weighted by atomic mass is 10.1. The first kappa shape index (κ1) is 14.0. The molecule has 0 amide bonds. The minimum absolute atomic E-state index is 0.101. The molecular formula is C13H13F2N3O2. The Morgan fingerprint density at radius 3 is 2.75 bits per heavy atom. The average Bonchev–Trinajstić information content (AvgIpc) is 2.94. The Bertz CT molecular complexity index is 614. The quantitative estimate of drug-likeness (QED) is 0.787. The first-order valence-corrected chi connectivity index (χ1v) is 6.01.